The Kier molecular flexibility index (Phi) is 41.0. The minimum absolute atomic E-state index is 0.0104. The number of ether oxygens (including phenoxy) is 12. The zero-order chi connectivity index (χ0) is 62.7. The van der Waals surface area contributed by atoms with Crippen molar-refractivity contribution in [3.05, 3.63) is 29.8 Å². The average Bonchev–Trinajstić information content (AvgIpc) is 3.80. The fourth-order valence-corrected chi connectivity index (χ4v) is 7.97. The molecule has 0 saturated carbocycles. The Morgan fingerprint density at radius 2 is 1.11 bits per heavy atom. The number of methoxy groups -OCH3 is 1. The Morgan fingerprint density at radius 1 is 0.647 bits per heavy atom. The van der Waals surface area contributed by atoms with E-state index in [0.717, 1.165) is 4.90 Å². The van der Waals surface area contributed by atoms with Gasteiger partial charge in [-0.2, -0.15) is 0 Å². The molecule has 0 unspecified atom stereocenters. The maximum Gasteiger partial charge on any atom is 0.312 e. The second-order valence-electron chi connectivity index (χ2n) is 21.7. The quantitative estimate of drug-likeness (QED) is 0.0414. The van der Waals surface area contributed by atoms with Gasteiger partial charge in [-0.1, -0.05) is 39.8 Å². The van der Waals surface area contributed by atoms with Crippen LogP contribution in [0, 0.1) is 29.1 Å². The van der Waals surface area contributed by atoms with E-state index in [4.69, 9.17) is 62.6 Å². The zero-order valence-electron chi connectivity index (χ0n) is 51.8. The Morgan fingerprint density at radius 3 is 1.52 bits per heavy atom. The molecule has 1 aromatic carbocycles. The van der Waals surface area contributed by atoms with E-state index < -0.39 is 65.4 Å². The fourth-order valence-electron chi connectivity index (χ4n) is 7.97. The van der Waals surface area contributed by atoms with Gasteiger partial charge < -0.3 is 83.4 Å². The molecule has 0 radical (unpaired) electrons. The normalized spacial score (nSPS) is 14.2. The molecule has 85 heavy (non-hydrogen) atoms. The van der Waals surface area contributed by atoms with Crippen LogP contribution in [0.3, 0.4) is 0 Å². The van der Waals surface area contributed by atoms with Crippen LogP contribution >= 0.6 is 0 Å². The van der Waals surface area contributed by atoms with E-state index in [1.54, 1.807) is 66.0 Å². The van der Waals surface area contributed by atoms with Crippen LogP contribution in [-0.4, -0.2) is 235 Å². The predicted molar refractivity (Wildman–Crippen MR) is 312 cm³/mol. The number of benzene rings is 1. The summed E-state index contributed by atoms with van der Waals surface area (Å²) in [5, 5.41) is 8.09. The molecule has 1 saturated heterocycles. The predicted octanol–water partition coefficient (Wildman–Crippen LogP) is 2.94. The van der Waals surface area contributed by atoms with Gasteiger partial charge >= 0.3 is 12.0 Å². The van der Waals surface area contributed by atoms with Crippen molar-refractivity contribution in [2.75, 3.05) is 177 Å². The lowest BCUT2D eigenvalue weighted by Gasteiger charge is -2.26. The Balaban J connectivity index is 1.76. The van der Waals surface area contributed by atoms with Gasteiger partial charge in [0.25, 0.3) is 0 Å². The number of nitrogens with zero attached hydrogens (tertiary/aromatic N) is 2. The van der Waals surface area contributed by atoms with Crippen molar-refractivity contribution in [2.24, 2.45) is 34.8 Å². The molecule has 1 fully saturated rings. The number of anilines is 1. The summed E-state index contributed by atoms with van der Waals surface area (Å²) in [7, 11) is 1.63. The van der Waals surface area contributed by atoms with E-state index in [9.17, 15) is 38.4 Å². The number of carbonyl (C=O) groups excluding carboxylic acids is 8. The second kappa shape index (κ2) is 46.0. The highest BCUT2D eigenvalue weighted by molar-refractivity contribution is 6.06. The number of nitrogens with one attached hydrogen (secondary N) is 3. The number of esters is 1. The first-order chi connectivity index (χ1) is 40.7. The summed E-state index contributed by atoms with van der Waals surface area (Å²) in [6.07, 6.45) is 0.0580. The number of hydrogen-bond donors (Lipinski definition) is 4. The highest BCUT2D eigenvalue weighted by Crippen LogP contribution is 2.27. The molecule has 0 aliphatic carbocycles. The van der Waals surface area contributed by atoms with Gasteiger partial charge in [-0.3, -0.25) is 38.5 Å². The Labute approximate surface area is 502 Å². The van der Waals surface area contributed by atoms with Crippen LogP contribution in [0.4, 0.5) is 10.5 Å². The molecular weight excluding hydrogens is 1110 g/mol. The van der Waals surface area contributed by atoms with Crippen LogP contribution in [0.2, 0.25) is 0 Å². The summed E-state index contributed by atoms with van der Waals surface area (Å²) in [5.41, 5.74) is 5.68. The van der Waals surface area contributed by atoms with E-state index in [0.29, 0.717) is 130 Å². The molecule has 0 bridgehead atoms. The van der Waals surface area contributed by atoms with Crippen LogP contribution in [0.1, 0.15) is 86.1 Å². The number of hydrogen-bond acceptors (Lipinski definition) is 20. The summed E-state index contributed by atoms with van der Waals surface area (Å²) in [4.78, 5) is 107. The van der Waals surface area contributed by atoms with Gasteiger partial charge in [0.15, 0.2) is 0 Å². The van der Waals surface area contributed by atoms with Crippen molar-refractivity contribution in [1.82, 2.24) is 20.4 Å². The number of urea groups is 1. The van der Waals surface area contributed by atoms with Crippen molar-refractivity contribution >= 4 is 53.0 Å². The van der Waals surface area contributed by atoms with Crippen LogP contribution in [-0.2, 0) is 97.0 Å². The molecule has 1 aliphatic heterocycles. The lowest BCUT2D eigenvalue weighted by molar-refractivity contribution is -0.154. The topological polar surface area (TPSA) is 316 Å². The van der Waals surface area contributed by atoms with Crippen LogP contribution in [0.15, 0.2) is 24.3 Å². The smallest absolute Gasteiger partial charge is 0.312 e. The van der Waals surface area contributed by atoms with Gasteiger partial charge in [-0.15, -0.1) is 0 Å². The first kappa shape index (κ1) is 75.8. The number of rotatable bonds is 52. The highest BCUT2D eigenvalue weighted by Gasteiger charge is 2.41. The molecule has 2 rings (SSSR count). The van der Waals surface area contributed by atoms with Gasteiger partial charge in [0.2, 0.25) is 29.5 Å². The molecule has 1 aromatic rings. The molecule has 26 nitrogen and oxygen atoms in total. The van der Waals surface area contributed by atoms with Gasteiger partial charge in [0, 0.05) is 63.5 Å². The van der Waals surface area contributed by atoms with E-state index in [2.05, 4.69) is 16.0 Å². The van der Waals surface area contributed by atoms with Crippen molar-refractivity contribution < 1.29 is 95.2 Å². The van der Waals surface area contributed by atoms with Crippen molar-refractivity contribution in [3.63, 3.8) is 0 Å². The molecule has 3 atom stereocenters. The van der Waals surface area contributed by atoms with Crippen molar-refractivity contribution in [1.29, 1.82) is 0 Å². The molecule has 7 amide bonds. The SMILES string of the molecule is COCCOCCOCCOCCOCCOCCOCCOCCOCCOCCOCCN(CCC(=O)C[C@H](C(=O)N[C@@H](CCCNC(N)=O)C(=O)Nc1ccc(COC(=O)C(C)(C)C)cc1)C(C)C)C(=O)CN1C(=O)C[C@@H](C(C)C)C1=O. The third kappa shape index (κ3) is 35.8. The molecule has 486 valence electrons. The summed E-state index contributed by atoms with van der Waals surface area (Å²) in [6.45, 7) is 20.7. The largest absolute Gasteiger partial charge is 0.460 e. The monoisotopic (exact) mass is 1210 g/mol. The number of carbonyl (C=O) groups is 8. The van der Waals surface area contributed by atoms with E-state index >= 15 is 0 Å². The van der Waals surface area contributed by atoms with Gasteiger partial charge in [-0.25, -0.2) is 4.79 Å². The number of primary amides is 1. The molecule has 1 aliphatic rings. The van der Waals surface area contributed by atoms with Gasteiger partial charge in [0.1, 0.15) is 25.0 Å². The maximum atomic E-state index is 13.9. The summed E-state index contributed by atoms with van der Waals surface area (Å²) in [5.74, 6) is -5.00. The minimum atomic E-state index is -1.07. The number of amides is 7. The summed E-state index contributed by atoms with van der Waals surface area (Å²) in [6, 6.07) is 4.87. The van der Waals surface area contributed by atoms with Gasteiger partial charge in [-0.05, 0) is 63.1 Å². The van der Waals surface area contributed by atoms with E-state index in [1.807, 2.05) is 13.8 Å². The molecule has 26 heteroatoms. The third-order valence-electron chi connectivity index (χ3n) is 13.1. The summed E-state index contributed by atoms with van der Waals surface area (Å²) >= 11 is 0. The standard InChI is InChI=1S/C59H100N6O20/c1-44(2)49(54(69)63-51(10-9-16-61-58(60)73)55(70)62-47-13-11-46(12-14-47)43-85-57(72)59(5,6)7)40-48(66)15-17-64(53(68)42-65-52(67)41-50(45(3)4)56(65)71)18-19-75-22-23-77-26-27-79-30-31-81-34-35-83-38-39-84-37-36-82-33-32-80-29-28-78-25-24-76-21-20-74-8/h11-14,44-45,49-51H,9-10,15-43H2,1-8H3,(H,62,70)(H,63,69)(H3,60,61,73)/t49-,50-,51-/m0/s1. The number of ketones is 1. The number of Topliss-reactive ketones (excluding diaryl/α,β-unsaturated/α-hetero) is 1. The van der Waals surface area contributed by atoms with Crippen LogP contribution in [0.5, 0.6) is 0 Å². The van der Waals surface area contributed by atoms with E-state index in [-0.39, 0.29) is 102 Å². The van der Waals surface area contributed by atoms with Crippen molar-refractivity contribution in [2.45, 2.75) is 93.2 Å². The summed E-state index contributed by atoms with van der Waals surface area (Å²) < 4.78 is 65.5. The molecule has 1 heterocycles. The van der Waals surface area contributed by atoms with Crippen molar-refractivity contribution in [3.8, 4) is 0 Å². The van der Waals surface area contributed by atoms with Crippen LogP contribution in [0.25, 0.3) is 0 Å². The second-order valence-corrected chi connectivity index (χ2v) is 21.7. The molecule has 0 spiro atoms. The lowest BCUT2D eigenvalue weighted by Crippen LogP contribution is -2.48. The molecular formula is C59H100N6O20. The Hall–Kier alpha value is -5.26. The first-order valence-electron chi connectivity index (χ1n) is 29.6. The zero-order valence-corrected chi connectivity index (χ0v) is 51.8. The number of nitrogens with two attached hydrogens (primary N) is 1. The number of likely N-dealkylation sites (tertiary alicyclic amines) is 1. The maximum absolute atomic E-state index is 13.9. The molecule has 5 N–H and O–H groups in total. The lowest BCUT2D eigenvalue weighted by atomic mass is 9.88. The van der Waals surface area contributed by atoms with Gasteiger partial charge in [0.05, 0.1) is 144 Å². The van der Waals surface area contributed by atoms with Crippen LogP contribution < -0.4 is 21.7 Å². The minimum Gasteiger partial charge on any atom is -0.460 e. The Bertz CT molecular complexity index is 2060. The average molecular weight is 1210 g/mol. The third-order valence-corrected chi connectivity index (χ3v) is 13.1. The fraction of sp³-hybridized carbons (Fsp3) is 0.763. The highest BCUT2D eigenvalue weighted by atomic mass is 16.6. The molecule has 0 aromatic heterocycles. The first-order valence-corrected chi connectivity index (χ1v) is 29.6. The van der Waals surface area contributed by atoms with E-state index in [1.165, 1.54) is 4.90 Å². The number of imide groups is 1.